The highest BCUT2D eigenvalue weighted by atomic mass is 16.5. The zero-order valence-corrected chi connectivity index (χ0v) is 9.88. The maximum atomic E-state index is 11.7. The molecule has 1 aromatic heterocycles. The number of pyridine rings is 1. The van der Waals surface area contributed by atoms with Crippen LogP contribution >= 0.6 is 0 Å². The Bertz CT molecular complexity index is 750. The molecule has 0 saturated carbocycles. The first kappa shape index (κ1) is 13.0. The molecule has 3 heteroatoms. The molecule has 96 valence electrons. The van der Waals surface area contributed by atoms with Crippen molar-refractivity contribution < 1.29 is 9.53 Å². The van der Waals surface area contributed by atoms with Crippen LogP contribution in [0.25, 0.3) is 21.8 Å². The lowest BCUT2D eigenvalue weighted by Gasteiger charge is -2.05. The average Bonchev–Trinajstić information content (AvgIpc) is 2.43. The Kier molecular flexibility index (Phi) is 3.47. The standard InChI is InChI=1S/C15H11NO2.CH4/c1-18-15(17)12-7-4-6-11-9-10-5-2-3-8-13(10)16-14(11)12;/h2-9H,1H3;1H4. The first-order valence-electron chi connectivity index (χ1n) is 5.66. The third-order valence-electron chi connectivity index (χ3n) is 2.95. The van der Waals surface area contributed by atoms with Crippen molar-refractivity contribution in [1.29, 1.82) is 0 Å². The molecule has 0 spiro atoms. The number of methoxy groups -OCH3 is 1. The van der Waals surface area contributed by atoms with Crippen LogP contribution in [0.2, 0.25) is 0 Å². The largest absolute Gasteiger partial charge is 0.465 e. The number of hydrogen-bond donors (Lipinski definition) is 0. The van der Waals surface area contributed by atoms with Crippen molar-refractivity contribution in [1.82, 2.24) is 4.98 Å². The highest BCUT2D eigenvalue weighted by Crippen LogP contribution is 2.22. The fourth-order valence-corrected chi connectivity index (χ4v) is 2.08. The van der Waals surface area contributed by atoms with Crippen molar-refractivity contribution in [3.05, 3.63) is 54.1 Å². The minimum Gasteiger partial charge on any atom is -0.465 e. The molecule has 0 aliphatic carbocycles. The summed E-state index contributed by atoms with van der Waals surface area (Å²) in [5, 5.41) is 2.00. The van der Waals surface area contributed by atoms with Crippen LogP contribution in [0.15, 0.2) is 48.5 Å². The van der Waals surface area contributed by atoms with Crippen molar-refractivity contribution >= 4 is 27.8 Å². The SMILES string of the molecule is C.COC(=O)c1cccc2cc3ccccc3nc12. The van der Waals surface area contributed by atoms with Gasteiger partial charge in [0.05, 0.1) is 23.7 Å². The molecule has 3 aromatic rings. The van der Waals surface area contributed by atoms with Crippen LogP contribution < -0.4 is 0 Å². The predicted molar refractivity (Wildman–Crippen MR) is 77.3 cm³/mol. The fraction of sp³-hybridized carbons (Fsp3) is 0.125. The van der Waals surface area contributed by atoms with Crippen molar-refractivity contribution in [2.45, 2.75) is 7.43 Å². The quantitative estimate of drug-likeness (QED) is 0.489. The molecule has 0 amide bonds. The van der Waals surface area contributed by atoms with E-state index in [2.05, 4.69) is 4.98 Å². The van der Waals surface area contributed by atoms with Gasteiger partial charge in [-0.15, -0.1) is 0 Å². The molecule has 3 nitrogen and oxygen atoms in total. The highest BCUT2D eigenvalue weighted by molar-refractivity contribution is 6.05. The van der Waals surface area contributed by atoms with E-state index in [4.69, 9.17) is 4.74 Å². The average molecular weight is 253 g/mol. The first-order chi connectivity index (χ1) is 8.79. The number of hydrogen-bond acceptors (Lipinski definition) is 3. The van der Waals surface area contributed by atoms with Crippen LogP contribution in [0.5, 0.6) is 0 Å². The van der Waals surface area contributed by atoms with E-state index in [0.29, 0.717) is 11.1 Å². The molecular weight excluding hydrogens is 238 g/mol. The van der Waals surface area contributed by atoms with Gasteiger partial charge in [0, 0.05) is 10.8 Å². The minimum absolute atomic E-state index is 0. The topological polar surface area (TPSA) is 39.2 Å². The summed E-state index contributed by atoms with van der Waals surface area (Å²) in [4.78, 5) is 16.2. The third-order valence-corrected chi connectivity index (χ3v) is 2.95. The lowest BCUT2D eigenvalue weighted by Crippen LogP contribution is -2.02. The lowest BCUT2D eigenvalue weighted by molar-refractivity contribution is 0.0603. The fourth-order valence-electron chi connectivity index (χ4n) is 2.08. The Labute approximate surface area is 111 Å². The highest BCUT2D eigenvalue weighted by Gasteiger charge is 2.11. The van der Waals surface area contributed by atoms with Crippen LogP contribution in [0, 0.1) is 0 Å². The maximum Gasteiger partial charge on any atom is 0.340 e. The van der Waals surface area contributed by atoms with Gasteiger partial charge in [0.15, 0.2) is 0 Å². The first-order valence-corrected chi connectivity index (χ1v) is 5.66. The van der Waals surface area contributed by atoms with E-state index in [1.165, 1.54) is 7.11 Å². The molecule has 0 unspecified atom stereocenters. The van der Waals surface area contributed by atoms with Gasteiger partial charge in [0.1, 0.15) is 0 Å². The van der Waals surface area contributed by atoms with Gasteiger partial charge in [-0.1, -0.05) is 37.8 Å². The number of carbonyl (C=O) groups excluding carboxylic acids is 1. The molecule has 0 atom stereocenters. The van der Waals surface area contributed by atoms with E-state index in [0.717, 1.165) is 16.3 Å². The molecule has 0 bridgehead atoms. The predicted octanol–water partition coefficient (Wildman–Crippen LogP) is 3.81. The van der Waals surface area contributed by atoms with Gasteiger partial charge >= 0.3 is 5.97 Å². The Hall–Kier alpha value is -2.42. The Morgan fingerprint density at radius 1 is 1.05 bits per heavy atom. The number of esters is 1. The van der Waals surface area contributed by atoms with Crippen molar-refractivity contribution in [2.75, 3.05) is 7.11 Å². The molecule has 19 heavy (non-hydrogen) atoms. The lowest BCUT2D eigenvalue weighted by atomic mass is 10.1. The molecule has 0 aliphatic rings. The zero-order valence-electron chi connectivity index (χ0n) is 9.88. The van der Waals surface area contributed by atoms with Gasteiger partial charge in [-0.05, 0) is 18.2 Å². The van der Waals surface area contributed by atoms with Crippen LogP contribution in [-0.4, -0.2) is 18.1 Å². The number of ether oxygens (including phenoxy) is 1. The normalized spacial score (nSPS) is 10.2. The van der Waals surface area contributed by atoms with Gasteiger partial charge in [-0.2, -0.15) is 0 Å². The second kappa shape index (κ2) is 5.06. The van der Waals surface area contributed by atoms with E-state index in [9.17, 15) is 4.79 Å². The zero-order chi connectivity index (χ0) is 12.5. The number of nitrogens with zero attached hydrogens (tertiary/aromatic N) is 1. The van der Waals surface area contributed by atoms with Crippen LogP contribution in [0.4, 0.5) is 0 Å². The summed E-state index contributed by atoms with van der Waals surface area (Å²) in [6, 6.07) is 15.4. The molecular formula is C16H15NO2. The van der Waals surface area contributed by atoms with E-state index in [-0.39, 0.29) is 13.4 Å². The van der Waals surface area contributed by atoms with E-state index < -0.39 is 0 Å². The molecule has 0 saturated heterocycles. The summed E-state index contributed by atoms with van der Waals surface area (Å²) >= 11 is 0. The monoisotopic (exact) mass is 253 g/mol. The van der Waals surface area contributed by atoms with Crippen LogP contribution in [0.1, 0.15) is 17.8 Å². The summed E-state index contributed by atoms with van der Waals surface area (Å²) < 4.78 is 4.78. The van der Waals surface area contributed by atoms with Gasteiger partial charge in [-0.3, -0.25) is 0 Å². The smallest absolute Gasteiger partial charge is 0.340 e. The van der Waals surface area contributed by atoms with E-state index in [1.807, 2.05) is 42.5 Å². The summed E-state index contributed by atoms with van der Waals surface area (Å²) in [5.41, 5.74) is 2.06. The molecule has 3 rings (SSSR count). The number of para-hydroxylation sites is 2. The molecule has 2 aromatic carbocycles. The van der Waals surface area contributed by atoms with Crippen molar-refractivity contribution in [3.8, 4) is 0 Å². The number of carbonyl (C=O) groups is 1. The van der Waals surface area contributed by atoms with Gasteiger partial charge in [0.2, 0.25) is 0 Å². The van der Waals surface area contributed by atoms with E-state index in [1.54, 1.807) is 6.07 Å². The van der Waals surface area contributed by atoms with Crippen molar-refractivity contribution in [2.24, 2.45) is 0 Å². The number of aromatic nitrogens is 1. The summed E-state index contributed by atoms with van der Waals surface area (Å²) in [7, 11) is 1.38. The van der Waals surface area contributed by atoms with E-state index >= 15 is 0 Å². The molecule has 0 fully saturated rings. The number of benzene rings is 2. The third kappa shape index (κ3) is 2.15. The van der Waals surface area contributed by atoms with Crippen LogP contribution in [-0.2, 0) is 4.74 Å². The van der Waals surface area contributed by atoms with Gasteiger partial charge in [0.25, 0.3) is 0 Å². The molecule has 0 N–H and O–H groups in total. The van der Waals surface area contributed by atoms with Gasteiger partial charge < -0.3 is 4.74 Å². The number of rotatable bonds is 1. The Morgan fingerprint density at radius 2 is 1.79 bits per heavy atom. The summed E-state index contributed by atoms with van der Waals surface area (Å²) in [5.74, 6) is -0.358. The molecule has 0 radical (unpaired) electrons. The minimum atomic E-state index is -0.358. The maximum absolute atomic E-state index is 11.7. The Balaban J connectivity index is 0.00000133. The second-order valence-corrected chi connectivity index (χ2v) is 4.05. The van der Waals surface area contributed by atoms with Crippen LogP contribution in [0.3, 0.4) is 0 Å². The Morgan fingerprint density at radius 3 is 2.58 bits per heavy atom. The molecule has 1 heterocycles. The number of fused-ring (bicyclic) bond motifs is 2. The van der Waals surface area contributed by atoms with Crippen molar-refractivity contribution in [3.63, 3.8) is 0 Å². The van der Waals surface area contributed by atoms with Gasteiger partial charge in [-0.25, -0.2) is 9.78 Å². The molecule has 0 aliphatic heterocycles. The second-order valence-electron chi connectivity index (χ2n) is 4.05. The summed E-state index contributed by atoms with van der Waals surface area (Å²) in [6.07, 6.45) is 0. The summed E-state index contributed by atoms with van der Waals surface area (Å²) in [6.45, 7) is 0.